The number of carbonyl (C=O) groups is 1. The second-order valence-corrected chi connectivity index (χ2v) is 8.80. The fourth-order valence-corrected chi connectivity index (χ4v) is 4.96. The van der Waals surface area contributed by atoms with Crippen molar-refractivity contribution in [1.29, 1.82) is 0 Å². The molecular weight excluding hydrogens is 374 g/mol. The molecule has 0 bridgehead atoms. The molecule has 1 aliphatic carbocycles. The van der Waals surface area contributed by atoms with E-state index in [-0.39, 0.29) is 18.3 Å². The number of carbonyl (C=O) groups excluding carboxylic acids is 1. The molecule has 30 heavy (non-hydrogen) atoms. The monoisotopic (exact) mass is 407 g/mol. The molecule has 5 heteroatoms. The van der Waals surface area contributed by atoms with Crippen molar-refractivity contribution in [2.24, 2.45) is 5.92 Å². The molecule has 2 atom stereocenters. The Morgan fingerprint density at radius 3 is 2.60 bits per heavy atom. The van der Waals surface area contributed by atoms with Crippen LogP contribution in [0, 0.1) is 5.92 Å². The van der Waals surface area contributed by atoms with E-state index in [9.17, 15) is 9.90 Å². The van der Waals surface area contributed by atoms with Gasteiger partial charge in [0.15, 0.2) is 5.78 Å². The molecule has 2 aliphatic rings. The Hall–Kier alpha value is -2.24. The van der Waals surface area contributed by atoms with E-state index >= 15 is 0 Å². The highest BCUT2D eigenvalue weighted by Gasteiger charge is 2.32. The Balaban J connectivity index is 1.51. The minimum Gasteiger partial charge on any atom is -0.396 e. The van der Waals surface area contributed by atoms with Crippen molar-refractivity contribution < 1.29 is 9.90 Å². The van der Waals surface area contributed by atoms with Crippen LogP contribution in [-0.4, -0.2) is 47.7 Å². The number of aromatic nitrogens is 1. The number of piperidine rings is 1. The lowest BCUT2D eigenvalue weighted by Gasteiger charge is -2.41. The summed E-state index contributed by atoms with van der Waals surface area (Å²) in [5.74, 6) is 0.922. The minimum atomic E-state index is 0.0262. The van der Waals surface area contributed by atoms with Gasteiger partial charge in [-0.25, -0.2) is 4.98 Å². The van der Waals surface area contributed by atoms with Gasteiger partial charge in [0.1, 0.15) is 5.82 Å². The number of hydrogen-bond donors (Lipinski definition) is 2. The van der Waals surface area contributed by atoms with Gasteiger partial charge in [0.2, 0.25) is 0 Å². The third-order valence-corrected chi connectivity index (χ3v) is 6.68. The van der Waals surface area contributed by atoms with Crippen LogP contribution in [0.15, 0.2) is 42.6 Å². The summed E-state index contributed by atoms with van der Waals surface area (Å²) in [4.78, 5) is 19.3. The molecule has 2 unspecified atom stereocenters. The number of nitrogens with zero attached hydrogens (tertiary/aromatic N) is 2. The Morgan fingerprint density at radius 1 is 1.13 bits per heavy atom. The first-order chi connectivity index (χ1) is 14.7. The van der Waals surface area contributed by atoms with Crippen LogP contribution >= 0.6 is 0 Å². The number of pyridine rings is 1. The SMILES string of the molecule is CC(=O)c1cc(-c2ccccc2)cnc1N1CCC(NC2CCCCC2)C(CO)C1. The number of nitrogens with one attached hydrogen (secondary N) is 1. The van der Waals surface area contributed by atoms with E-state index < -0.39 is 0 Å². The zero-order valence-electron chi connectivity index (χ0n) is 17.9. The summed E-state index contributed by atoms with van der Waals surface area (Å²) in [6.45, 7) is 3.33. The molecule has 2 fully saturated rings. The third-order valence-electron chi connectivity index (χ3n) is 6.68. The number of benzene rings is 1. The van der Waals surface area contributed by atoms with E-state index in [1.807, 2.05) is 42.6 Å². The van der Waals surface area contributed by atoms with Gasteiger partial charge < -0.3 is 15.3 Å². The molecule has 160 valence electrons. The molecule has 5 nitrogen and oxygen atoms in total. The first-order valence-corrected chi connectivity index (χ1v) is 11.3. The molecule has 2 N–H and O–H groups in total. The summed E-state index contributed by atoms with van der Waals surface area (Å²) in [5.41, 5.74) is 2.67. The molecule has 0 amide bonds. The largest absolute Gasteiger partial charge is 0.396 e. The van der Waals surface area contributed by atoms with Crippen LogP contribution in [0.5, 0.6) is 0 Å². The molecule has 2 heterocycles. The van der Waals surface area contributed by atoms with Crippen LogP contribution in [0.1, 0.15) is 55.8 Å². The predicted octanol–water partition coefficient (Wildman–Crippen LogP) is 4.06. The molecule has 1 saturated carbocycles. The highest BCUT2D eigenvalue weighted by molar-refractivity contribution is 6.00. The maximum atomic E-state index is 12.4. The lowest BCUT2D eigenvalue weighted by molar-refractivity contribution is 0.101. The summed E-state index contributed by atoms with van der Waals surface area (Å²) in [6, 6.07) is 12.9. The van der Waals surface area contributed by atoms with Gasteiger partial charge >= 0.3 is 0 Å². The highest BCUT2D eigenvalue weighted by atomic mass is 16.3. The normalized spacial score (nSPS) is 22.8. The van der Waals surface area contributed by atoms with Crippen molar-refractivity contribution >= 4 is 11.6 Å². The number of ketones is 1. The number of aliphatic hydroxyl groups excluding tert-OH is 1. The third kappa shape index (κ3) is 4.73. The Morgan fingerprint density at radius 2 is 1.90 bits per heavy atom. The van der Waals surface area contributed by atoms with Crippen molar-refractivity contribution in [2.45, 2.75) is 57.5 Å². The average Bonchev–Trinajstić information content (AvgIpc) is 2.80. The molecule has 1 aliphatic heterocycles. The van der Waals surface area contributed by atoms with E-state index in [4.69, 9.17) is 4.98 Å². The lowest BCUT2D eigenvalue weighted by atomic mass is 9.88. The minimum absolute atomic E-state index is 0.0262. The second kappa shape index (κ2) is 9.71. The summed E-state index contributed by atoms with van der Waals surface area (Å²) < 4.78 is 0. The number of anilines is 1. The summed E-state index contributed by atoms with van der Waals surface area (Å²) in [7, 11) is 0. The molecular formula is C25H33N3O2. The van der Waals surface area contributed by atoms with Crippen molar-refractivity contribution in [3.63, 3.8) is 0 Å². The maximum Gasteiger partial charge on any atom is 0.163 e. The molecule has 4 rings (SSSR count). The van der Waals surface area contributed by atoms with Gasteiger partial charge in [0.25, 0.3) is 0 Å². The van der Waals surface area contributed by atoms with Gasteiger partial charge in [0, 0.05) is 49.5 Å². The van der Waals surface area contributed by atoms with Crippen molar-refractivity contribution in [3.8, 4) is 11.1 Å². The Labute approximate surface area is 179 Å². The Kier molecular flexibility index (Phi) is 6.80. The first kappa shape index (κ1) is 21.0. The van der Waals surface area contributed by atoms with Crippen LogP contribution in [0.3, 0.4) is 0 Å². The number of Topliss-reactive ketones (excluding diaryl/α,β-unsaturated/α-hetero) is 1. The predicted molar refractivity (Wildman–Crippen MR) is 121 cm³/mol. The molecule has 1 aromatic carbocycles. The smallest absolute Gasteiger partial charge is 0.163 e. The van der Waals surface area contributed by atoms with Gasteiger partial charge in [-0.1, -0.05) is 49.6 Å². The van der Waals surface area contributed by atoms with Crippen LogP contribution in [0.25, 0.3) is 11.1 Å². The van der Waals surface area contributed by atoms with E-state index in [0.29, 0.717) is 17.6 Å². The molecule has 0 radical (unpaired) electrons. The number of hydrogen-bond acceptors (Lipinski definition) is 5. The molecule has 0 spiro atoms. The zero-order valence-corrected chi connectivity index (χ0v) is 17.9. The average molecular weight is 408 g/mol. The molecule has 1 aromatic heterocycles. The van der Waals surface area contributed by atoms with Gasteiger partial charge in [-0.2, -0.15) is 0 Å². The van der Waals surface area contributed by atoms with Crippen LogP contribution in [-0.2, 0) is 0 Å². The number of aliphatic hydroxyl groups is 1. The summed E-state index contributed by atoms with van der Waals surface area (Å²) >= 11 is 0. The van der Waals surface area contributed by atoms with E-state index in [1.165, 1.54) is 32.1 Å². The standard InChI is InChI=1S/C25H33N3O2/c1-18(30)23-14-20(19-8-4-2-5-9-19)15-26-25(23)28-13-12-24(21(16-28)17-29)27-22-10-6-3-7-11-22/h2,4-5,8-9,14-15,21-22,24,27,29H,3,6-7,10-13,16-17H2,1H3. The Bertz CT molecular complexity index is 849. The van der Waals surface area contributed by atoms with E-state index in [1.54, 1.807) is 6.92 Å². The zero-order chi connectivity index (χ0) is 20.9. The quantitative estimate of drug-likeness (QED) is 0.707. The van der Waals surface area contributed by atoms with Crippen molar-refractivity contribution in [3.05, 3.63) is 48.2 Å². The summed E-state index contributed by atoms with van der Waals surface area (Å²) in [6.07, 6.45) is 9.27. The second-order valence-electron chi connectivity index (χ2n) is 8.80. The van der Waals surface area contributed by atoms with Crippen LogP contribution in [0.4, 0.5) is 5.82 Å². The first-order valence-electron chi connectivity index (χ1n) is 11.3. The molecule has 1 saturated heterocycles. The van der Waals surface area contributed by atoms with Gasteiger partial charge in [-0.05, 0) is 37.8 Å². The van der Waals surface area contributed by atoms with Gasteiger partial charge in [-0.3, -0.25) is 4.79 Å². The topological polar surface area (TPSA) is 65.5 Å². The van der Waals surface area contributed by atoms with Crippen molar-refractivity contribution in [2.75, 3.05) is 24.6 Å². The van der Waals surface area contributed by atoms with E-state index in [0.717, 1.165) is 36.5 Å². The van der Waals surface area contributed by atoms with Crippen LogP contribution in [0.2, 0.25) is 0 Å². The maximum absolute atomic E-state index is 12.4. The molecule has 2 aromatic rings. The highest BCUT2D eigenvalue weighted by Crippen LogP contribution is 2.30. The fraction of sp³-hybridized carbons (Fsp3) is 0.520. The van der Waals surface area contributed by atoms with Crippen molar-refractivity contribution in [1.82, 2.24) is 10.3 Å². The van der Waals surface area contributed by atoms with E-state index in [2.05, 4.69) is 10.2 Å². The fourth-order valence-electron chi connectivity index (χ4n) is 4.96. The van der Waals surface area contributed by atoms with Gasteiger partial charge in [0.05, 0.1) is 5.56 Å². The number of rotatable bonds is 6. The summed E-state index contributed by atoms with van der Waals surface area (Å²) in [5, 5.41) is 13.9. The lowest BCUT2D eigenvalue weighted by Crippen LogP contribution is -2.54. The van der Waals surface area contributed by atoms with Crippen LogP contribution < -0.4 is 10.2 Å². The van der Waals surface area contributed by atoms with Gasteiger partial charge in [-0.15, -0.1) is 0 Å².